The van der Waals surface area contributed by atoms with Crippen molar-refractivity contribution >= 4 is 11.9 Å². The summed E-state index contributed by atoms with van der Waals surface area (Å²) >= 11 is 0. The summed E-state index contributed by atoms with van der Waals surface area (Å²) in [6, 6.07) is 0. The molecule has 4 heteroatoms. The molecule has 49 heavy (non-hydrogen) atoms. The fraction of sp³-hybridized carbons (Fsp3) is 0.867. The Labute approximate surface area is 296 Å². The van der Waals surface area contributed by atoms with Crippen LogP contribution in [-0.2, 0) is 19.1 Å². The summed E-state index contributed by atoms with van der Waals surface area (Å²) < 4.78 is 13.6. The van der Waals surface area contributed by atoms with E-state index < -0.39 is 0 Å². The topological polar surface area (TPSA) is 52.6 Å². The highest BCUT2D eigenvalue weighted by Gasteiger charge is 2.71. The van der Waals surface area contributed by atoms with E-state index >= 15 is 0 Å². The van der Waals surface area contributed by atoms with Gasteiger partial charge in [-0.15, -0.1) is 0 Å². The van der Waals surface area contributed by atoms with Crippen molar-refractivity contribution in [2.45, 2.75) is 148 Å². The minimum atomic E-state index is -0.234. The van der Waals surface area contributed by atoms with Crippen molar-refractivity contribution in [3.63, 3.8) is 0 Å². The van der Waals surface area contributed by atoms with Gasteiger partial charge < -0.3 is 9.47 Å². The van der Waals surface area contributed by atoms with Crippen LogP contribution in [0.2, 0.25) is 0 Å². The SMILES string of the molecule is C=CC(=O)OC1(C2CC3CC2CC3CCC23CC4CC(C2)C(OC(=O)C(=C)C)(C2CC5CC2CC5C)C(C4)C3)C2CC3CC1CC(C)(C3)C2. The quantitative estimate of drug-likeness (QED) is 0.181. The fourth-order valence-corrected chi connectivity index (χ4v) is 17.9. The lowest BCUT2D eigenvalue weighted by molar-refractivity contribution is -0.250. The highest BCUT2D eigenvalue weighted by atomic mass is 16.6. The van der Waals surface area contributed by atoms with E-state index in [9.17, 15) is 9.59 Å². The first kappa shape index (κ1) is 32.1. The van der Waals surface area contributed by atoms with Crippen molar-refractivity contribution < 1.29 is 19.1 Å². The van der Waals surface area contributed by atoms with Gasteiger partial charge in [-0.25, -0.2) is 9.59 Å². The van der Waals surface area contributed by atoms with Crippen molar-refractivity contribution in [2.24, 2.45) is 93.7 Å². The number of hydrogen-bond donors (Lipinski definition) is 0. The van der Waals surface area contributed by atoms with Gasteiger partial charge in [0.05, 0.1) is 0 Å². The Balaban J connectivity index is 0.857. The number of carbonyl (C=O) groups is 2. The van der Waals surface area contributed by atoms with Crippen molar-refractivity contribution in [1.29, 1.82) is 0 Å². The molecule has 0 spiro atoms. The average molecular weight is 669 g/mol. The Hall–Kier alpha value is -1.58. The van der Waals surface area contributed by atoms with Gasteiger partial charge in [0.1, 0.15) is 11.2 Å². The van der Waals surface area contributed by atoms with Crippen LogP contribution in [0.25, 0.3) is 0 Å². The highest BCUT2D eigenvalue weighted by molar-refractivity contribution is 5.87. The molecule has 12 saturated carbocycles. The Morgan fingerprint density at radius 3 is 1.80 bits per heavy atom. The van der Waals surface area contributed by atoms with Crippen LogP contribution in [-0.4, -0.2) is 23.1 Å². The largest absolute Gasteiger partial charge is 0.455 e. The van der Waals surface area contributed by atoms with Crippen LogP contribution in [0, 0.1) is 93.7 Å². The molecule has 0 saturated heterocycles. The first-order valence-corrected chi connectivity index (χ1v) is 21.2. The third-order valence-electron chi connectivity index (χ3n) is 18.8. The molecule has 12 rings (SSSR count). The summed E-state index contributed by atoms with van der Waals surface area (Å²) in [7, 11) is 0. The molecule has 12 unspecified atom stereocenters. The van der Waals surface area contributed by atoms with Crippen LogP contribution in [0.15, 0.2) is 24.8 Å². The Kier molecular flexibility index (Phi) is 7.04. The van der Waals surface area contributed by atoms with Gasteiger partial charge in [0.25, 0.3) is 0 Å². The molecule has 4 nitrogen and oxygen atoms in total. The molecular weight excluding hydrogens is 604 g/mol. The monoisotopic (exact) mass is 668 g/mol. The zero-order valence-corrected chi connectivity index (χ0v) is 30.9. The molecule has 12 atom stereocenters. The van der Waals surface area contributed by atoms with Crippen LogP contribution in [0.3, 0.4) is 0 Å². The number of rotatable bonds is 9. The number of hydrogen-bond acceptors (Lipinski definition) is 4. The second-order valence-corrected chi connectivity index (χ2v) is 21.4. The minimum Gasteiger partial charge on any atom is -0.455 e. The van der Waals surface area contributed by atoms with Crippen molar-refractivity contribution in [3.05, 3.63) is 24.8 Å². The first-order chi connectivity index (χ1) is 23.4. The molecule has 12 aliphatic carbocycles. The van der Waals surface area contributed by atoms with Gasteiger partial charge in [0, 0.05) is 47.2 Å². The van der Waals surface area contributed by atoms with Crippen LogP contribution in [0.1, 0.15) is 136 Å². The molecule has 0 aliphatic heterocycles. The zero-order chi connectivity index (χ0) is 33.7. The van der Waals surface area contributed by atoms with Gasteiger partial charge in [-0.05, 0) is 181 Å². The van der Waals surface area contributed by atoms with E-state index in [0.29, 0.717) is 51.9 Å². The zero-order valence-electron chi connectivity index (χ0n) is 30.9. The first-order valence-electron chi connectivity index (χ1n) is 21.2. The predicted octanol–water partition coefficient (Wildman–Crippen LogP) is 10.1. The predicted molar refractivity (Wildman–Crippen MR) is 191 cm³/mol. The number of esters is 2. The maximum Gasteiger partial charge on any atom is 0.333 e. The molecule has 0 aromatic rings. The molecule has 12 fully saturated rings. The van der Waals surface area contributed by atoms with Gasteiger partial charge in [0.15, 0.2) is 0 Å². The summed E-state index contributed by atoms with van der Waals surface area (Å²) in [5.41, 5.74) is 1.04. The van der Waals surface area contributed by atoms with E-state index in [2.05, 4.69) is 27.0 Å². The Morgan fingerprint density at radius 2 is 1.27 bits per heavy atom. The lowest BCUT2D eigenvalue weighted by Crippen LogP contribution is -2.66. The van der Waals surface area contributed by atoms with Crippen molar-refractivity contribution in [2.75, 3.05) is 0 Å². The second kappa shape index (κ2) is 10.7. The van der Waals surface area contributed by atoms with Crippen LogP contribution >= 0.6 is 0 Å². The summed E-state index contributed by atoms with van der Waals surface area (Å²) in [5.74, 6) is 9.54. The van der Waals surface area contributed by atoms with E-state index in [0.717, 1.165) is 47.3 Å². The third kappa shape index (κ3) is 4.52. The van der Waals surface area contributed by atoms with Gasteiger partial charge in [-0.1, -0.05) is 27.0 Å². The third-order valence-corrected chi connectivity index (χ3v) is 18.8. The van der Waals surface area contributed by atoms with Crippen LogP contribution in [0.4, 0.5) is 0 Å². The normalized spacial score (nSPS) is 56.8. The Bertz CT molecular complexity index is 1410. The molecular formula is C45H64O4. The van der Waals surface area contributed by atoms with E-state index in [-0.39, 0.29) is 23.1 Å². The number of fused-ring (bicyclic) bond motifs is 4. The summed E-state index contributed by atoms with van der Waals surface area (Å²) in [6.07, 6.45) is 25.3. The lowest BCUT2D eigenvalue weighted by Gasteiger charge is -2.67. The van der Waals surface area contributed by atoms with E-state index in [1.807, 2.05) is 6.92 Å². The van der Waals surface area contributed by atoms with Gasteiger partial charge >= 0.3 is 11.9 Å². The lowest BCUT2D eigenvalue weighted by atomic mass is 9.41. The molecule has 0 aromatic carbocycles. The maximum atomic E-state index is 13.4. The van der Waals surface area contributed by atoms with Gasteiger partial charge in [-0.2, -0.15) is 0 Å². The molecule has 0 N–H and O–H groups in total. The summed E-state index contributed by atoms with van der Waals surface area (Å²) in [6.45, 7) is 14.7. The van der Waals surface area contributed by atoms with Crippen LogP contribution < -0.4 is 0 Å². The van der Waals surface area contributed by atoms with E-state index in [4.69, 9.17) is 9.47 Å². The molecule has 12 bridgehead atoms. The van der Waals surface area contributed by atoms with Gasteiger partial charge in [0.2, 0.25) is 0 Å². The second-order valence-electron chi connectivity index (χ2n) is 21.4. The van der Waals surface area contributed by atoms with Crippen molar-refractivity contribution in [3.8, 4) is 0 Å². The van der Waals surface area contributed by atoms with E-state index in [1.54, 1.807) is 0 Å². The Morgan fingerprint density at radius 1 is 0.694 bits per heavy atom. The van der Waals surface area contributed by atoms with Crippen molar-refractivity contribution in [1.82, 2.24) is 0 Å². The minimum absolute atomic E-state index is 0.112. The summed E-state index contributed by atoms with van der Waals surface area (Å²) in [5, 5.41) is 0. The van der Waals surface area contributed by atoms with Gasteiger partial charge in [-0.3, -0.25) is 0 Å². The van der Waals surface area contributed by atoms with Crippen LogP contribution in [0.5, 0.6) is 0 Å². The maximum absolute atomic E-state index is 13.4. The molecule has 0 amide bonds. The molecule has 0 heterocycles. The molecule has 268 valence electrons. The smallest absolute Gasteiger partial charge is 0.333 e. The average Bonchev–Trinajstić information content (AvgIpc) is 3.84. The molecule has 0 aromatic heterocycles. The highest BCUT2D eigenvalue weighted by Crippen LogP contribution is 2.73. The van der Waals surface area contributed by atoms with E-state index in [1.165, 1.54) is 122 Å². The fourth-order valence-electron chi connectivity index (χ4n) is 17.9. The molecule has 0 radical (unpaired) electrons. The standard InChI is InChI=1S/C45H64O4/c1-6-40(46)48-44(34-10-27-11-35(44)22-42(5,19-27)21-34)39-18-31-16-33(39)14-29(31)7-8-43-20-28-12-36(23-43)45(37(13-28)24-43,49-41(47)25(2)3)38-17-30-15-32(38)9-26(30)4/h6,26-39H,1-2,7-24H2,3-5H3. The summed E-state index contributed by atoms with van der Waals surface area (Å²) in [4.78, 5) is 26.4. The number of carbonyl (C=O) groups excluding carboxylic acids is 2. The molecule has 12 aliphatic rings. The number of ether oxygens (including phenoxy) is 2.